The first-order chi connectivity index (χ1) is 11.0. The highest BCUT2D eigenvalue weighted by Crippen LogP contribution is 2.26. The molecule has 0 saturated carbocycles. The lowest BCUT2D eigenvalue weighted by molar-refractivity contribution is -0.0586. The van der Waals surface area contributed by atoms with Crippen molar-refractivity contribution in [1.82, 2.24) is 9.88 Å². The highest BCUT2D eigenvalue weighted by atomic mass is 35.5. The van der Waals surface area contributed by atoms with Gasteiger partial charge in [-0.2, -0.15) is 0 Å². The average Bonchev–Trinajstić information content (AvgIpc) is 3.00. The third-order valence-corrected chi connectivity index (χ3v) is 4.20. The third-order valence-electron chi connectivity index (χ3n) is 3.93. The molecule has 3 rings (SSSR count). The van der Waals surface area contributed by atoms with E-state index in [1.165, 1.54) is 6.20 Å². The van der Waals surface area contributed by atoms with E-state index in [1.54, 1.807) is 11.0 Å². The van der Waals surface area contributed by atoms with E-state index in [2.05, 4.69) is 4.98 Å². The maximum atomic E-state index is 12.6. The largest absolute Gasteiger partial charge is 0.471 e. The van der Waals surface area contributed by atoms with E-state index >= 15 is 0 Å². The van der Waals surface area contributed by atoms with E-state index in [-0.39, 0.29) is 24.2 Å². The molecular formula is C16H21ClN2O4. The van der Waals surface area contributed by atoms with Crippen molar-refractivity contribution in [3.63, 3.8) is 0 Å². The van der Waals surface area contributed by atoms with Crippen LogP contribution < -0.4 is 4.74 Å². The van der Waals surface area contributed by atoms with Gasteiger partial charge in [0.25, 0.3) is 5.91 Å². The number of nitrogens with zero attached hydrogens (tertiary/aromatic N) is 2. The summed E-state index contributed by atoms with van der Waals surface area (Å²) in [5.41, 5.74) is 0.464. The molecule has 2 aliphatic rings. The van der Waals surface area contributed by atoms with Gasteiger partial charge in [0, 0.05) is 25.7 Å². The second-order valence-electron chi connectivity index (χ2n) is 6.08. The van der Waals surface area contributed by atoms with Crippen molar-refractivity contribution in [2.24, 2.45) is 0 Å². The second kappa shape index (κ2) is 7.03. The quantitative estimate of drug-likeness (QED) is 0.843. The number of halogens is 1. The van der Waals surface area contributed by atoms with Crippen LogP contribution in [0.3, 0.4) is 0 Å². The Hall–Kier alpha value is -1.37. The molecule has 2 fully saturated rings. The number of amides is 1. The molecule has 2 aliphatic heterocycles. The second-order valence-corrected chi connectivity index (χ2v) is 6.49. The predicted octanol–water partition coefficient (Wildman–Crippen LogP) is 2.15. The van der Waals surface area contributed by atoms with Crippen molar-refractivity contribution in [2.45, 2.75) is 38.6 Å². The van der Waals surface area contributed by atoms with E-state index in [0.717, 1.165) is 6.42 Å². The van der Waals surface area contributed by atoms with Crippen LogP contribution in [0.2, 0.25) is 5.02 Å². The Labute approximate surface area is 140 Å². The fourth-order valence-corrected chi connectivity index (χ4v) is 3.13. The maximum Gasteiger partial charge on any atom is 0.255 e. The molecular weight excluding hydrogens is 320 g/mol. The molecule has 0 aliphatic carbocycles. The van der Waals surface area contributed by atoms with Gasteiger partial charge in [-0.15, -0.1) is 0 Å². The zero-order valence-corrected chi connectivity index (χ0v) is 14.1. The molecule has 126 valence electrons. The highest BCUT2D eigenvalue weighted by Gasteiger charge is 2.27. The van der Waals surface area contributed by atoms with Crippen molar-refractivity contribution >= 4 is 17.5 Å². The molecule has 3 unspecified atom stereocenters. The van der Waals surface area contributed by atoms with Crippen LogP contribution in [0.4, 0.5) is 0 Å². The van der Waals surface area contributed by atoms with Crippen molar-refractivity contribution < 1.29 is 19.0 Å². The minimum absolute atomic E-state index is 0.0242. The lowest BCUT2D eigenvalue weighted by Crippen LogP contribution is -2.48. The molecule has 23 heavy (non-hydrogen) atoms. The van der Waals surface area contributed by atoms with E-state index in [4.69, 9.17) is 25.8 Å². The van der Waals surface area contributed by atoms with E-state index in [0.29, 0.717) is 42.8 Å². The van der Waals surface area contributed by atoms with Crippen molar-refractivity contribution in [3.05, 3.63) is 22.8 Å². The summed E-state index contributed by atoms with van der Waals surface area (Å²) in [6, 6.07) is 1.62. The van der Waals surface area contributed by atoms with E-state index < -0.39 is 0 Å². The SMILES string of the molecule is CC1CN(C(=O)c2cnc(OC3CCOC3)c(Cl)c2)CC(C)O1. The van der Waals surface area contributed by atoms with Gasteiger partial charge in [-0.3, -0.25) is 4.79 Å². The Bertz CT molecular complexity index is 567. The number of carbonyl (C=O) groups is 1. The first-order valence-corrected chi connectivity index (χ1v) is 8.25. The first kappa shape index (κ1) is 16.5. The molecule has 7 heteroatoms. The van der Waals surface area contributed by atoms with E-state index in [1.807, 2.05) is 13.8 Å². The predicted molar refractivity (Wildman–Crippen MR) is 85.0 cm³/mol. The van der Waals surface area contributed by atoms with Crippen LogP contribution in [0.25, 0.3) is 0 Å². The molecule has 1 amide bonds. The van der Waals surface area contributed by atoms with Crippen LogP contribution in [-0.2, 0) is 9.47 Å². The number of pyridine rings is 1. The Morgan fingerprint density at radius 3 is 2.74 bits per heavy atom. The molecule has 3 heterocycles. The van der Waals surface area contributed by atoms with Crippen LogP contribution in [-0.4, -0.2) is 60.4 Å². The highest BCUT2D eigenvalue weighted by molar-refractivity contribution is 6.32. The topological polar surface area (TPSA) is 60.9 Å². The summed E-state index contributed by atoms with van der Waals surface area (Å²) < 4.78 is 16.6. The first-order valence-electron chi connectivity index (χ1n) is 7.87. The number of rotatable bonds is 3. The summed E-state index contributed by atoms with van der Waals surface area (Å²) in [7, 11) is 0. The summed E-state index contributed by atoms with van der Waals surface area (Å²) in [5.74, 6) is 0.263. The minimum Gasteiger partial charge on any atom is -0.471 e. The fraction of sp³-hybridized carbons (Fsp3) is 0.625. The molecule has 1 aromatic heterocycles. The number of hydrogen-bond acceptors (Lipinski definition) is 5. The number of aromatic nitrogens is 1. The monoisotopic (exact) mass is 340 g/mol. The molecule has 2 saturated heterocycles. The standard InChI is InChI=1S/C16H21ClN2O4/c1-10-7-19(8-11(2)22-10)16(20)12-5-14(17)15(18-6-12)23-13-3-4-21-9-13/h5-6,10-11,13H,3-4,7-9H2,1-2H3. The smallest absolute Gasteiger partial charge is 0.255 e. The summed E-state index contributed by atoms with van der Waals surface area (Å²) in [5, 5.41) is 0.345. The molecule has 0 aromatic carbocycles. The van der Waals surface area contributed by atoms with Gasteiger partial charge >= 0.3 is 0 Å². The van der Waals surface area contributed by atoms with Crippen molar-refractivity contribution in [2.75, 3.05) is 26.3 Å². The van der Waals surface area contributed by atoms with Gasteiger partial charge in [-0.05, 0) is 19.9 Å². The van der Waals surface area contributed by atoms with Gasteiger partial charge in [-0.1, -0.05) is 11.6 Å². The number of hydrogen-bond donors (Lipinski definition) is 0. The Balaban J connectivity index is 1.70. The molecule has 1 aromatic rings. The minimum atomic E-state index is -0.0860. The zero-order valence-electron chi connectivity index (χ0n) is 13.3. The van der Waals surface area contributed by atoms with Gasteiger partial charge in [0.05, 0.1) is 31.0 Å². The number of morpholine rings is 1. The van der Waals surface area contributed by atoms with Crippen LogP contribution in [0, 0.1) is 0 Å². The van der Waals surface area contributed by atoms with Crippen LogP contribution in [0.15, 0.2) is 12.3 Å². The molecule has 0 spiro atoms. The number of ether oxygens (including phenoxy) is 3. The molecule has 6 nitrogen and oxygen atoms in total. The normalized spacial score (nSPS) is 28.0. The molecule has 0 N–H and O–H groups in total. The van der Waals surface area contributed by atoms with Gasteiger partial charge < -0.3 is 19.1 Å². The summed E-state index contributed by atoms with van der Waals surface area (Å²) in [6.45, 7) is 6.29. The van der Waals surface area contributed by atoms with E-state index in [9.17, 15) is 4.79 Å². The fourth-order valence-electron chi connectivity index (χ4n) is 2.92. The molecule has 0 radical (unpaired) electrons. The summed E-state index contributed by atoms with van der Waals surface area (Å²) in [4.78, 5) is 18.6. The van der Waals surface area contributed by atoms with Gasteiger partial charge in [0.1, 0.15) is 11.1 Å². The summed E-state index contributed by atoms with van der Waals surface area (Å²) >= 11 is 6.22. The lowest BCUT2D eigenvalue weighted by atomic mass is 10.2. The van der Waals surface area contributed by atoms with Crippen LogP contribution >= 0.6 is 11.6 Å². The summed E-state index contributed by atoms with van der Waals surface area (Å²) in [6.07, 6.45) is 2.36. The Morgan fingerprint density at radius 1 is 1.39 bits per heavy atom. The van der Waals surface area contributed by atoms with Gasteiger partial charge in [-0.25, -0.2) is 4.98 Å². The van der Waals surface area contributed by atoms with Crippen LogP contribution in [0.1, 0.15) is 30.6 Å². The Morgan fingerprint density at radius 2 is 2.13 bits per heavy atom. The van der Waals surface area contributed by atoms with Crippen molar-refractivity contribution in [1.29, 1.82) is 0 Å². The maximum absolute atomic E-state index is 12.6. The Kier molecular flexibility index (Phi) is 5.04. The average molecular weight is 341 g/mol. The third kappa shape index (κ3) is 3.94. The van der Waals surface area contributed by atoms with Crippen LogP contribution in [0.5, 0.6) is 5.88 Å². The van der Waals surface area contributed by atoms with Gasteiger partial charge in [0.2, 0.25) is 5.88 Å². The van der Waals surface area contributed by atoms with Gasteiger partial charge in [0.15, 0.2) is 0 Å². The molecule has 0 bridgehead atoms. The number of carbonyl (C=O) groups excluding carboxylic acids is 1. The van der Waals surface area contributed by atoms with Crippen molar-refractivity contribution in [3.8, 4) is 5.88 Å². The molecule has 3 atom stereocenters. The lowest BCUT2D eigenvalue weighted by Gasteiger charge is -2.35. The zero-order chi connectivity index (χ0) is 16.4.